The third kappa shape index (κ3) is 4.84. The fourth-order valence-electron chi connectivity index (χ4n) is 3.08. The number of halogens is 1. The van der Waals surface area contributed by atoms with Crippen LogP contribution < -0.4 is 11.2 Å². The van der Waals surface area contributed by atoms with Crippen molar-refractivity contribution in [1.29, 1.82) is 0 Å². The normalized spacial score (nSPS) is 19.8. The molecule has 1 fully saturated rings. The average Bonchev–Trinajstić information content (AvgIpc) is 2.98. The summed E-state index contributed by atoms with van der Waals surface area (Å²) in [7, 11) is -3.82. The zero-order valence-electron chi connectivity index (χ0n) is 16.1. The summed E-state index contributed by atoms with van der Waals surface area (Å²) in [5.41, 5.74) is 3.18. The van der Waals surface area contributed by atoms with Crippen molar-refractivity contribution in [3.63, 3.8) is 0 Å². The van der Waals surface area contributed by atoms with Gasteiger partial charge < -0.3 is 9.15 Å². The number of sulfone groups is 1. The molecule has 1 aromatic heterocycles. The fraction of sp³-hybridized carbons (Fsp3) is 0.556. The number of benzene rings is 1. The SMILES string of the molecule is CC(CCn1c(=O)oc2cc(I)ccc21)(C(=O)NOC1CCCCO1)S(C)(=O)=O. The fourth-order valence-corrected chi connectivity index (χ4v) is 4.38. The number of nitrogens with zero attached hydrogens (tertiary/aromatic N) is 1. The van der Waals surface area contributed by atoms with Crippen LogP contribution in [0.1, 0.15) is 32.6 Å². The van der Waals surface area contributed by atoms with Gasteiger partial charge in [-0.05, 0) is 67.0 Å². The summed E-state index contributed by atoms with van der Waals surface area (Å²) >= 11 is 2.10. The lowest BCUT2D eigenvalue weighted by molar-refractivity contribution is -0.201. The molecule has 2 atom stereocenters. The lowest BCUT2D eigenvalue weighted by Gasteiger charge is -2.28. The second kappa shape index (κ2) is 8.74. The Hall–Kier alpha value is -1.44. The summed E-state index contributed by atoms with van der Waals surface area (Å²) in [6.45, 7) is 1.83. The first-order chi connectivity index (χ1) is 13.6. The van der Waals surface area contributed by atoms with Crippen LogP contribution in [-0.2, 0) is 30.8 Å². The Morgan fingerprint density at radius 1 is 1.41 bits per heavy atom. The van der Waals surface area contributed by atoms with E-state index in [-0.39, 0.29) is 13.0 Å². The largest absolute Gasteiger partial charge is 0.419 e. The molecule has 1 aliphatic rings. The van der Waals surface area contributed by atoms with E-state index in [1.54, 1.807) is 12.1 Å². The quantitative estimate of drug-likeness (QED) is 0.423. The molecule has 29 heavy (non-hydrogen) atoms. The molecule has 1 N–H and O–H groups in total. The zero-order valence-corrected chi connectivity index (χ0v) is 19.1. The Morgan fingerprint density at radius 3 is 2.83 bits per heavy atom. The van der Waals surface area contributed by atoms with Crippen LogP contribution in [0.25, 0.3) is 11.1 Å². The molecule has 0 radical (unpaired) electrons. The molecular weight excluding hydrogens is 515 g/mol. The van der Waals surface area contributed by atoms with Crippen molar-refractivity contribution >= 4 is 49.4 Å². The van der Waals surface area contributed by atoms with E-state index in [0.29, 0.717) is 24.1 Å². The Labute approximate surface area is 181 Å². The minimum absolute atomic E-state index is 0.0106. The number of hydrogen-bond donors (Lipinski definition) is 1. The van der Waals surface area contributed by atoms with Gasteiger partial charge in [-0.1, -0.05) is 0 Å². The molecule has 160 valence electrons. The van der Waals surface area contributed by atoms with Crippen molar-refractivity contribution < 1.29 is 27.2 Å². The highest BCUT2D eigenvalue weighted by Crippen LogP contribution is 2.24. The number of aromatic nitrogens is 1. The second-order valence-corrected chi connectivity index (χ2v) is 10.9. The molecule has 1 aromatic carbocycles. The molecule has 3 rings (SSSR count). The average molecular weight is 538 g/mol. The van der Waals surface area contributed by atoms with Gasteiger partial charge in [0, 0.05) is 29.4 Å². The molecule has 0 aliphatic carbocycles. The van der Waals surface area contributed by atoms with Gasteiger partial charge in [-0.15, -0.1) is 0 Å². The highest BCUT2D eigenvalue weighted by Gasteiger charge is 2.44. The maximum absolute atomic E-state index is 12.7. The number of ether oxygens (including phenoxy) is 1. The number of rotatable bonds is 7. The van der Waals surface area contributed by atoms with E-state index in [2.05, 4.69) is 28.1 Å². The van der Waals surface area contributed by atoms with Crippen molar-refractivity contribution in [2.45, 2.75) is 50.2 Å². The van der Waals surface area contributed by atoms with Crippen LogP contribution in [0.5, 0.6) is 0 Å². The van der Waals surface area contributed by atoms with Crippen molar-refractivity contribution in [3.8, 4) is 0 Å². The van der Waals surface area contributed by atoms with Gasteiger partial charge in [-0.3, -0.25) is 9.36 Å². The summed E-state index contributed by atoms with van der Waals surface area (Å²) in [6, 6.07) is 5.26. The molecule has 11 heteroatoms. The number of fused-ring (bicyclic) bond motifs is 1. The van der Waals surface area contributed by atoms with E-state index in [0.717, 1.165) is 22.7 Å². The van der Waals surface area contributed by atoms with Crippen LogP contribution in [-0.4, -0.2) is 42.8 Å². The van der Waals surface area contributed by atoms with Crippen molar-refractivity contribution in [2.75, 3.05) is 12.9 Å². The van der Waals surface area contributed by atoms with Crippen LogP contribution in [0.3, 0.4) is 0 Å². The molecule has 0 saturated carbocycles. The summed E-state index contributed by atoms with van der Waals surface area (Å²) in [5, 5.41) is 0. The lowest BCUT2D eigenvalue weighted by atomic mass is 10.1. The number of oxazole rings is 1. The first kappa shape index (κ1) is 22.2. The van der Waals surface area contributed by atoms with Crippen LogP contribution in [0.15, 0.2) is 27.4 Å². The third-order valence-corrected chi connectivity index (χ3v) is 7.86. The Balaban J connectivity index is 1.78. The van der Waals surface area contributed by atoms with Gasteiger partial charge in [0.15, 0.2) is 26.5 Å². The molecule has 2 aromatic rings. The number of amides is 1. The van der Waals surface area contributed by atoms with Crippen molar-refractivity contribution in [2.24, 2.45) is 0 Å². The topological polar surface area (TPSA) is 117 Å². The number of carbonyl (C=O) groups is 1. The molecule has 1 amide bonds. The van der Waals surface area contributed by atoms with Crippen LogP contribution in [0, 0.1) is 3.57 Å². The van der Waals surface area contributed by atoms with Crippen LogP contribution in [0.4, 0.5) is 0 Å². The molecule has 2 unspecified atom stereocenters. The molecule has 9 nitrogen and oxygen atoms in total. The van der Waals surface area contributed by atoms with Crippen molar-refractivity contribution in [1.82, 2.24) is 10.0 Å². The van der Waals surface area contributed by atoms with Gasteiger partial charge in [0.05, 0.1) is 5.52 Å². The summed E-state index contributed by atoms with van der Waals surface area (Å²) in [5.74, 6) is -1.41. The number of hydrogen-bond acceptors (Lipinski definition) is 7. The van der Waals surface area contributed by atoms with Crippen LogP contribution >= 0.6 is 22.6 Å². The highest BCUT2D eigenvalue weighted by atomic mass is 127. The number of hydroxylamine groups is 1. The maximum Gasteiger partial charge on any atom is 0.419 e. The summed E-state index contributed by atoms with van der Waals surface area (Å²) in [4.78, 5) is 30.2. The van der Waals surface area contributed by atoms with E-state index in [9.17, 15) is 18.0 Å². The van der Waals surface area contributed by atoms with Crippen molar-refractivity contribution in [3.05, 3.63) is 32.3 Å². The van der Waals surface area contributed by atoms with E-state index in [1.165, 1.54) is 11.5 Å². The minimum Gasteiger partial charge on any atom is -0.408 e. The maximum atomic E-state index is 12.7. The van der Waals surface area contributed by atoms with E-state index < -0.39 is 32.5 Å². The molecule has 1 saturated heterocycles. The standard InChI is InChI=1S/C18H23IN2O7S/c1-18(29(2,24)25,16(22)20-28-15-5-3-4-10-26-15)8-9-21-13-7-6-12(19)11-14(13)27-17(21)23/h6-7,11,15H,3-5,8-10H2,1-2H3,(H,20,22). The van der Waals surface area contributed by atoms with E-state index in [1.807, 2.05) is 6.07 Å². The Morgan fingerprint density at radius 2 is 2.17 bits per heavy atom. The predicted molar refractivity (Wildman–Crippen MR) is 114 cm³/mol. The number of carbonyl (C=O) groups excluding carboxylic acids is 1. The first-order valence-corrected chi connectivity index (χ1v) is 12.1. The van der Waals surface area contributed by atoms with Gasteiger partial charge >= 0.3 is 5.76 Å². The highest BCUT2D eigenvalue weighted by molar-refractivity contribution is 14.1. The van der Waals surface area contributed by atoms with Gasteiger partial charge in [-0.2, -0.15) is 0 Å². The minimum atomic E-state index is -3.82. The summed E-state index contributed by atoms with van der Waals surface area (Å²) < 4.78 is 35.9. The van der Waals surface area contributed by atoms with Gasteiger partial charge in [0.25, 0.3) is 5.91 Å². The predicted octanol–water partition coefficient (Wildman–Crippen LogP) is 1.97. The zero-order chi connectivity index (χ0) is 21.2. The first-order valence-electron chi connectivity index (χ1n) is 9.18. The van der Waals surface area contributed by atoms with E-state index >= 15 is 0 Å². The molecular formula is C18H23IN2O7S. The van der Waals surface area contributed by atoms with Gasteiger partial charge in [0.1, 0.15) is 0 Å². The molecule has 2 heterocycles. The smallest absolute Gasteiger partial charge is 0.408 e. The van der Waals surface area contributed by atoms with Crippen LogP contribution in [0.2, 0.25) is 0 Å². The number of nitrogens with one attached hydrogen (secondary N) is 1. The molecule has 1 aliphatic heterocycles. The molecule has 0 bridgehead atoms. The van der Waals surface area contributed by atoms with Gasteiger partial charge in [-0.25, -0.2) is 23.5 Å². The lowest BCUT2D eigenvalue weighted by Crippen LogP contribution is -2.51. The monoisotopic (exact) mass is 538 g/mol. The number of aryl methyl sites for hydroxylation is 1. The molecule has 0 spiro atoms. The Bertz CT molecular complexity index is 1060. The van der Waals surface area contributed by atoms with Gasteiger partial charge in [0.2, 0.25) is 0 Å². The second-order valence-electron chi connectivity index (χ2n) is 7.23. The third-order valence-electron chi connectivity index (χ3n) is 5.16. The summed E-state index contributed by atoms with van der Waals surface area (Å²) in [6.07, 6.45) is 2.69. The van der Waals surface area contributed by atoms with E-state index in [4.69, 9.17) is 14.0 Å². The Kier molecular flexibility index (Phi) is 6.70.